The van der Waals surface area contributed by atoms with E-state index in [1.54, 1.807) is 13.2 Å². The van der Waals surface area contributed by atoms with Gasteiger partial charge >= 0.3 is 0 Å². The van der Waals surface area contributed by atoms with Crippen LogP contribution >= 0.6 is 11.3 Å². The Labute approximate surface area is 105 Å². The molecule has 0 aliphatic carbocycles. The molecule has 96 valence electrons. The molecule has 0 saturated carbocycles. The predicted molar refractivity (Wildman–Crippen MR) is 71.7 cm³/mol. The predicted octanol–water partition coefficient (Wildman–Crippen LogP) is 1.53. The highest BCUT2D eigenvalue weighted by atomic mass is 32.1. The second kappa shape index (κ2) is 7.13. The zero-order valence-corrected chi connectivity index (χ0v) is 11.0. The van der Waals surface area contributed by atoms with Crippen molar-refractivity contribution in [1.29, 1.82) is 0 Å². The van der Waals surface area contributed by atoms with E-state index >= 15 is 0 Å². The van der Waals surface area contributed by atoms with Gasteiger partial charge in [-0.15, -0.1) is 11.3 Å². The lowest BCUT2D eigenvalue weighted by atomic mass is 10.3. The summed E-state index contributed by atoms with van der Waals surface area (Å²) in [6.45, 7) is 4.00. The van der Waals surface area contributed by atoms with Gasteiger partial charge in [-0.3, -0.25) is 4.79 Å². The van der Waals surface area contributed by atoms with Gasteiger partial charge < -0.3 is 21.1 Å². The first kappa shape index (κ1) is 13.8. The lowest BCUT2D eigenvalue weighted by molar-refractivity contribution is 0.0958. The number of hydrogen-bond donors (Lipinski definition) is 3. The number of carbonyl (C=O) groups excluding carboxylic acids is 1. The normalized spacial score (nSPS) is 10.2. The minimum Gasteiger partial charge on any atom is -0.397 e. The Bertz CT molecular complexity index is 366. The fourth-order valence-electron chi connectivity index (χ4n) is 1.26. The van der Waals surface area contributed by atoms with Crippen molar-refractivity contribution in [2.24, 2.45) is 0 Å². The van der Waals surface area contributed by atoms with Gasteiger partial charge in [-0.05, 0) is 12.5 Å². The molecule has 6 heteroatoms. The van der Waals surface area contributed by atoms with Gasteiger partial charge in [-0.1, -0.05) is 6.92 Å². The van der Waals surface area contributed by atoms with Crippen LogP contribution in [0.2, 0.25) is 0 Å². The molecule has 0 spiro atoms. The van der Waals surface area contributed by atoms with Gasteiger partial charge in [0.1, 0.15) is 4.88 Å². The minimum atomic E-state index is -0.103. The quantitative estimate of drug-likeness (QED) is 0.647. The van der Waals surface area contributed by atoms with Crippen LogP contribution in [0.3, 0.4) is 0 Å². The standard InChI is InChI=1S/C11H19N3O2S/c1-3-4-14-11(15)10-8(12)7-9(17-10)13-5-6-16-2/h7,13H,3-6,12H2,1-2H3,(H,14,15). The number of rotatable bonds is 7. The molecule has 1 aromatic heterocycles. The highest BCUT2D eigenvalue weighted by Gasteiger charge is 2.13. The lowest BCUT2D eigenvalue weighted by Crippen LogP contribution is -2.23. The highest BCUT2D eigenvalue weighted by Crippen LogP contribution is 2.28. The van der Waals surface area contributed by atoms with Crippen molar-refractivity contribution in [1.82, 2.24) is 5.32 Å². The van der Waals surface area contributed by atoms with E-state index < -0.39 is 0 Å². The van der Waals surface area contributed by atoms with E-state index in [2.05, 4.69) is 10.6 Å². The monoisotopic (exact) mass is 257 g/mol. The summed E-state index contributed by atoms with van der Waals surface area (Å²) in [5.41, 5.74) is 6.31. The number of carbonyl (C=O) groups is 1. The van der Waals surface area contributed by atoms with E-state index in [1.807, 2.05) is 6.92 Å². The number of thiophene rings is 1. The van der Waals surface area contributed by atoms with Gasteiger partial charge in [0.05, 0.1) is 17.3 Å². The molecule has 4 N–H and O–H groups in total. The summed E-state index contributed by atoms with van der Waals surface area (Å²) in [5.74, 6) is -0.103. The smallest absolute Gasteiger partial charge is 0.263 e. The maximum atomic E-state index is 11.7. The second-order valence-corrected chi connectivity index (χ2v) is 4.62. The van der Waals surface area contributed by atoms with Gasteiger partial charge in [0.15, 0.2) is 0 Å². The van der Waals surface area contributed by atoms with Gasteiger partial charge in [0.2, 0.25) is 0 Å². The molecule has 0 atom stereocenters. The van der Waals surface area contributed by atoms with Crippen molar-refractivity contribution >= 4 is 27.9 Å². The molecular formula is C11H19N3O2S. The SMILES string of the molecule is CCCNC(=O)c1sc(NCCOC)cc1N. The molecule has 1 amide bonds. The van der Waals surface area contributed by atoms with Gasteiger partial charge in [0.25, 0.3) is 5.91 Å². The molecule has 17 heavy (non-hydrogen) atoms. The van der Waals surface area contributed by atoms with Crippen molar-refractivity contribution in [3.05, 3.63) is 10.9 Å². The Morgan fingerprint density at radius 1 is 1.53 bits per heavy atom. The average Bonchev–Trinajstić information content (AvgIpc) is 2.68. The average molecular weight is 257 g/mol. The van der Waals surface area contributed by atoms with Crippen LogP contribution in [0.5, 0.6) is 0 Å². The fourth-order valence-corrected chi connectivity index (χ4v) is 2.19. The largest absolute Gasteiger partial charge is 0.397 e. The molecule has 0 aliphatic heterocycles. The van der Waals surface area contributed by atoms with Crippen LogP contribution in [0.1, 0.15) is 23.0 Å². The molecule has 0 radical (unpaired) electrons. The summed E-state index contributed by atoms with van der Waals surface area (Å²) in [7, 11) is 1.65. The second-order valence-electron chi connectivity index (χ2n) is 3.57. The van der Waals surface area contributed by atoms with Crippen molar-refractivity contribution < 1.29 is 9.53 Å². The number of methoxy groups -OCH3 is 1. The summed E-state index contributed by atoms with van der Waals surface area (Å²) in [6.07, 6.45) is 0.913. The van der Waals surface area contributed by atoms with Crippen molar-refractivity contribution in [3.63, 3.8) is 0 Å². The molecule has 0 saturated heterocycles. The maximum absolute atomic E-state index is 11.7. The topological polar surface area (TPSA) is 76.4 Å². The van der Waals surface area contributed by atoms with E-state index in [0.717, 1.165) is 11.4 Å². The van der Waals surface area contributed by atoms with Crippen molar-refractivity contribution in [2.75, 3.05) is 37.9 Å². The number of nitrogens with one attached hydrogen (secondary N) is 2. The Morgan fingerprint density at radius 3 is 2.94 bits per heavy atom. The molecule has 1 heterocycles. The third-order valence-electron chi connectivity index (χ3n) is 2.11. The zero-order valence-electron chi connectivity index (χ0n) is 10.2. The van der Waals surface area contributed by atoms with Crippen LogP contribution in [0.4, 0.5) is 10.7 Å². The Morgan fingerprint density at radius 2 is 2.29 bits per heavy atom. The first-order valence-corrected chi connectivity index (χ1v) is 6.41. The van der Waals surface area contributed by atoms with Gasteiger partial charge in [-0.2, -0.15) is 0 Å². The minimum absolute atomic E-state index is 0.103. The number of nitrogens with two attached hydrogens (primary N) is 1. The number of hydrogen-bond acceptors (Lipinski definition) is 5. The van der Waals surface area contributed by atoms with E-state index in [-0.39, 0.29) is 5.91 Å². The molecule has 0 bridgehead atoms. The zero-order chi connectivity index (χ0) is 12.7. The molecule has 0 aromatic carbocycles. The third-order valence-corrected chi connectivity index (χ3v) is 3.22. The number of ether oxygens (including phenoxy) is 1. The number of anilines is 2. The molecule has 0 unspecified atom stereocenters. The highest BCUT2D eigenvalue weighted by molar-refractivity contribution is 7.18. The van der Waals surface area contributed by atoms with Crippen LogP contribution in [0.25, 0.3) is 0 Å². The summed E-state index contributed by atoms with van der Waals surface area (Å²) in [5, 5.41) is 6.85. The van der Waals surface area contributed by atoms with E-state index in [0.29, 0.717) is 30.3 Å². The van der Waals surface area contributed by atoms with Crippen molar-refractivity contribution in [3.8, 4) is 0 Å². The molecule has 5 nitrogen and oxygen atoms in total. The first-order chi connectivity index (χ1) is 8.19. The van der Waals surface area contributed by atoms with Crippen LogP contribution in [0, 0.1) is 0 Å². The van der Waals surface area contributed by atoms with Crippen LogP contribution < -0.4 is 16.4 Å². The molecule has 0 aliphatic rings. The Kier molecular flexibility index (Phi) is 5.79. The van der Waals surface area contributed by atoms with E-state index in [4.69, 9.17) is 10.5 Å². The molecular weight excluding hydrogens is 238 g/mol. The fraction of sp³-hybridized carbons (Fsp3) is 0.545. The summed E-state index contributed by atoms with van der Waals surface area (Å²) in [4.78, 5) is 12.3. The molecule has 1 rings (SSSR count). The molecule has 1 aromatic rings. The van der Waals surface area contributed by atoms with Gasteiger partial charge in [-0.25, -0.2) is 0 Å². The van der Waals surface area contributed by atoms with Crippen LogP contribution in [0.15, 0.2) is 6.07 Å². The van der Waals surface area contributed by atoms with Crippen molar-refractivity contribution in [2.45, 2.75) is 13.3 Å². The maximum Gasteiger partial charge on any atom is 0.263 e. The van der Waals surface area contributed by atoms with Crippen LogP contribution in [-0.4, -0.2) is 32.7 Å². The van der Waals surface area contributed by atoms with Crippen LogP contribution in [-0.2, 0) is 4.74 Å². The third kappa shape index (κ3) is 4.24. The lowest BCUT2D eigenvalue weighted by Gasteiger charge is -2.02. The summed E-state index contributed by atoms with van der Waals surface area (Å²) >= 11 is 1.36. The Hall–Kier alpha value is -1.27. The summed E-state index contributed by atoms with van der Waals surface area (Å²) < 4.78 is 4.93. The summed E-state index contributed by atoms with van der Waals surface area (Å²) in [6, 6.07) is 1.78. The number of amides is 1. The van der Waals surface area contributed by atoms with Gasteiger partial charge in [0, 0.05) is 20.2 Å². The molecule has 0 fully saturated rings. The first-order valence-electron chi connectivity index (χ1n) is 5.59. The van der Waals surface area contributed by atoms with E-state index in [1.165, 1.54) is 11.3 Å². The van der Waals surface area contributed by atoms with E-state index in [9.17, 15) is 4.79 Å². The number of nitrogen functional groups attached to an aromatic ring is 1. The Balaban J connectivity index is 2.58.